The quantitative estimate of drug-likeness (QED) is 0.440. The van der Waals surface area contributed by atoms with Crippen molar-refractivity contribution in [1.82, 2.24) is 0 Å². The minimum Gasteiger partial charge on any atom is -0.389 e. The van der Waals surface area contributed by atoms with Crippen LogP contribution in [-0.2, 0) is 9.59 Å². The van der Waals surface area contributed by atoms with Gasteiger partial charge in [0.15, 0.2) is 5.78 Å². The molecular weight excluding hydrogens is 410 g/mol. The van der Waals surface area contributed by atoms with Gasteiger partial charge in [-0.25, -0.2) is 0 Å². The molecule has 0 aromatic heterocycles. The Bertz CT molecular complexity index is 1230. The maximum absolute atomic E-state index is 13.8. The summed E-state index contributed by atoms with van der Waals surface area (Å²) in [6.45, 7) is -0.533. The molecule has 4 heteroatoms. The highest BCUT2D eigenvalue weighted by molar-refractivity contribution is 6.04. The fourth-order valence-corrected chi connectivity index (χ4v) is 5.31. The molecular formula is C29H25NO3. The van der Waals surface area contributed by atoms with Crippen molar-refractivity contribution in [2.24, 2.45) is 11.8 Å². The molecule has 4 aromatic rings. The molecule has 33 heavy (non-hydrogen) atoms. The first kappa shape index (κ1) is 21.1. The fourth-order valence-electron chi connectivity index (χ4n) is 5.31. The van der Waals surface area contributed by atoms with Crippen molar-refractivity contribution >= 4 is 28.2 Å². The van der Waals surface area contributed by atoms with E-state index in [4.69, 9.17) is 0 Å². The van der Waals surface area contributed by atoms with Gasteiger partial charge < -0.3 is 10.4 Å². The number of rotatable bonds is 6. The van der Waals surface area contributed by atoms with Gasteiger partial charge in [-0.05, 0) is 22.6 Å². The third-order valence-corrected chi connectivity index (χ3v) is 6.79. The Balaban J connectivity index is 1.56. The summed E-state index contributed by atoms with van der Waals surface area (Å²) < 4.78 is 0. The van der Waals surface area contributed by atoms with Crippen molar-refractivity contribution in [3.63, 3.8) is 0 Å². The maximum atomic E-state index is 13.8. The maximum Gasteiger partial charge on any atom is 0.228 e. The number of fused-ring (bicyclic) bond motifs is 1. The predicted molar refractivity (Wildman–Crippen MR) is 130 cm³/mol. The summed E-state index contributed by atoms with van der Waals surface area (Å²) in [4.78, 5) is 26.7. The zero-order valence-corrected chi connectivity index (χ0v) is 18.1. The molecule has 0 heterocycles. The van der Waals surface area contributed by atoms with Crippen LogP contribution in [0.2, 0.25) is 0 Å². The van der Waals surface area contributed by atoms with E-state index in [2.05, 4.69) is 5.32 Å². The number of anilines is 1. The number of aliphatic hydroxyl groups excluding tert-OH is 1. The Morgan fingerprint density at radius 1 is 0.667 bits per heavy atom. The normalized spacial score (nSPS) is 21.8. The SMILES string of the molecule is O=C(CO)C1C(c2ccccc2)C(C(=O)Nc2cccc3ccccc23)[C@H]1c1ccccc1. The molecule has 0 spiro atoms. The molecule has 2 N–H and O–H groups in total. The van der Waals surface area contributed by atoms with Crippen molar-refractivity contribution in [3.8, 4) is 0 Å². The van der Waals surface area contributed by atoms with Gasteiger partial charge in [0.05, 0.1) is 5.92 Å². The van der Waals surface area contributed by atoms with Gasteiger partial charge in [-0.1, -0.05) is 97.1 Å². The van der Waals surface area contributed by atoms with Crippen LogP contribution in [0.3, 0.4) is 0 Å². The van der Waals surface area contributed by atoms with Crippen LogP contribution < -0.4 is 5.32 Å². The average molecular weight is 436 g/mol. The van der Waals surface area contributed by atoms with Gasteiger partial charge in [0.25, 0.3) is 0 Å². The fraction of sp³-hybridized carbons (Fsp3) is 0.172. The first-order valence-electron chi connectivity index (χ1n) is 11.2. The molecule has 0 radical (unpaired) electrons. The van der Waals surface area contributed by atoms with Gasteiger partial charge in [0.1, 0.15) is 6.61 Å². The highest BCUT2D eigenvalue weighted by Gasteiger charge is 2.57. The summed E-state index contributed by atoms with van der Waals surface area (Å²) in [5.41, 5.74) is 2.64. The lowest BCUT2D eigenvalue weighted by Gasteiger charge is -2.50. The third kappa shape index (κ3) is 3.83. The lowest BCUT2D eigenvalue weighted by Crippen LogP contribution is -2.53. The molecule has 1 amide bonds. The molecule has 4 nitrogen and oxygen atoms in total. The van der Waals surface area contributed by atoms with E-state index in [0.29, 0.717) is 0 Å². The van der Waals surface area contributed by atoms with Crippen LogP contribution in [-0.4, -0.2) is 23.4 Å². The Morgan fingerprint density at radius 3 is 1.82 bits per heavy atom. The number of Topliss-reactive ketones (excluding diaryl/α,β-unsaturated/α-hetero) is 1. The molecule has 0 saturated heterocycles. The highest BCUT2D eigenvalue weighted by Crippen LogP contribution is 2.58. The third-order valence-electron chi connectivity index (χ3n) is 6.79. The molecule has 5 rings (SSSR count). The van der Waals surface area contributed by atoms with E-state index in [1.54, 1.807) is 0 Å². The van der Waals surface area contributed by atoms with Crippen LogP contribution in [0.15, 0.2) is 103 Å². The monoisotopic (exact) mass is 435 g/mol. The summed E-state index contributed by atoms with van der Waals surface area (Å²) in [6, 6.07) is 33.2. The molecule has 1 aliphatic rings. The molecule has 4 aromatic carbocycles. The van der Waals surface area contributed by atoms with Gasteiger partial charge >= 0.3 is 0 Å². The van der Waals surface area contributed by atoms with E-state index in [9.17, 15) is 14.7 Å². The lowest BCUT2D eigenvalue weighted by atomic mass is 9.51. The Kier molecular flexibility index (Phi) is 5.76. The number of carbonyl (C=O) groups is 2. The van der Waals surface area contributed by atoms with E-state index >= 15 is 0 Å². The van der Waals surface area contributed by atoms with E-state index < -0.39 is 18.4 Å². The van der Waals surface area contributed by atoms with Crippen LogP contribution in [0.1, 0.15) is 23.0 Å². The van der Waals surface area contributed by atoms with Crippen molar-refractivity contribution in [3.05, 3.63) is 114 Å². The molecule has 1 fully saturated rings. The van der Waals surface area contributed by atoms with Crippen LogP contribution in [0, 0.1) is 11.8 Å². The van der Waals surface area contributed by atoms with Crippen molar-refractivity contribution in [1.29, 1.82) is 0 Å². The highest BCUT2D eigenvalue weighted by atomic mass is 16.3. The Hall–Kier alpha value is -3.76. The number of nitrogens with one attached hydrogen (secondary N) is 1. The summed E-state index contributed by atoms with van der Waals surface area (Å²) in [7, 11) is 0. The standard InChI is InChI=1S/C29H25NO3/c31-18-24(32)27-25(20-11-3-1-4-12-20)28(26(27)21-13-5-2-6-14-21)29(33)30-23-17-9-15-19-10-7-8-16-22(19)23/h1-17,25-28,31H,18H2,(H,30,33)/t25-,26?,27?,28?/m0/s1. The van der Waals surface area contributed by atoms with Crippen molar-refractivity contribution in [2.45, 2.75) is 11.8 Å². The molecule has 3 unspecified atom stereocenters. The molecule has 1 saturated carbocycles. The number of ketones is 1. The van der Waals surface area contributed by atoms with Gasteiger partial charge in [-0.3, -0.25) is 9.59 Å². The summed E-state index contributed by atoms with van der Waals surface area (Å²) in [5.74, 6) is -1.84. The van der Waals surface area contributed by atoms with Crippen LogP contribution in [0.4, 0.5) is 5.69 Å². The minimum absolute atomic E-state index is 0.115. The molecule has 0 bridgehead atoms. The zero-order chi connectivity index (χ0) is 22.8. The number of hydrogen-bond acceptors (Lipinski definition) is 3. The van der Waals surface area contributed by atoms with Gasteiger partial charge in [-0.2, -0.15) is 0 Å². The Morgan fingerprint density at radius 2 is 1.21 bits per heavy atom. The summed E-state index contributed by atoms with van der Waals surface area (Å²) in [6.07, 6.45) is 0. The zero-order valence-electron chi connectivity index (χ0n) is 18.1. The smallest absolute Gasteiger partial charge is 0.228 e. The average Bonchev–Trinajstić information content (AvgIpc) is 2.85. The van der Waals surface area contributed by atoms with Crippen molar-refractivity contribution < 1.29 is 14.7 Å². The molecule has 164 valence electrons. The summed E-state index contributed by atoms with van der Waals surface area (Å²) in [5, 5.41) is 14.9. The van der Waals surface area contributed by atoms with Crippen LogP contribution >= 0.6 is 0 Å². The topological polar surface area (TPSA) is 66.4 Å². The second kappa shape index (κ2) is 9.00. The minimum atomic E-state index is -0.533. The first-order valence-corrected chi connectivity index (χ1v) is 11.2. The number of hydrogen-bond donors (Lipinski definition) is 2. The Labute approximate surface area is 192 Å². The largest absolute Gasteiger partial charge is 0.389 e. The van der Waals surface area contributed by atoms with Gasteiger partial charge in [0, 0.05) is 28.8 Å². The number of carbonyl (C=O) groups excluding carboxylic acids is 2. The second-order valence-corrected chi connectivity index (χ2v) is 8.56. The molecule has 0 aliphatic heterocycles. The van der Waals surface area contributed by atoms with Crippen LogP contribution in [0.25, 0.3) is 10.8 Å². The van der Waals surface area contributed by atoms with Crippen molar-refractivity contribution in [2.75, 3.05) is 11.9 Å². The number of benzene rings is 4. The van der Waals surface area contributed by atoms with Crippen LogP contribution in [0.5, 0.6) is 0 Å². The van der Waals surface area contributed by atoms with E-state index in [1.165, 1.54) is 0 Å². The molecule has 1 aliphatic carbocycles. The second-order valence-electron chi connectivity index (χ2n) is 8.56. The number of amides is 1. The predicted octanol–water partition coefficient (Wildman–Crippen LogP) is 5.15. The van der Waals surface area contributed by atoms with Gasteiger partial charge in [0.2, 0.25) is 5.91 Å². The first-order chi connectivity index (χ1) is 16.2. The molecule has 4 atom stereocenters. The van der Waals surface area contributed by atoms with E-state index in [-0.39, 0.29) is 23.5 Å². The van der Waals surface area contributed by atoms with E-state index in [0.717, 1.165) is 27.6 Å². The number of aliphatic hydroxyl groups is 1. The lowest BCUT2D eigenvalue weighted by molar-refractivity contribution is -0.138. The van der Waals surface area contributed by atoms with Gasteiger partial charge in [-0.15, -0.1) is 0 Å². The van der Waals surface area contributed by atoms with E-state index in [1.807, 2.05) is 103 Å². The summed E-state index contributed by atoms with van der Waals surface area (Å²) >= 11 is 0.